The molecule has 0 aliphatic carbocycles. The Morgan fingerprint density at radius 3 is 1.93 bits per heavy atom. The van der Waals surface area contributed by atoms with E-state index in [9.17, 15) is 68.7 Å². The number of hydrogen-bond donors (Lipinski definition) is 14. The molecule has 2 aromatic rings. The minimum Gasteiger partial charge on any atom is -0.480 e. The van der Waals surface area contributed by atoms with Crippen LogP contribution in [0.1, 0.15) is 39.2 Å². The number of aliphatic hydroxyl groups is 4. The van der Waals surface area contributed by atoms with Crippen molar-refractivity contribution < 1.29 is 68.7 Å². The van der Waals surface area contributed by atoms with Gasteiger partial charge in [0.1, 0.15) is 42.3 Å². The largest absolute Gasteiger partial charge is 0.480 e. The summed E-state index contributed by atoms with van der Waals surface area (Å²) in [6.07, 6.45) is -0.692. The molecule has 24 heteroatoms. The zero-order chi connectivity index (χ0) is 45.7. The van der Waals surface area contributed by atoms with Crippen LogP contribution in [0.25, 0.3) is 10.9 Å². The number of aromatic amines is 1. The smallest absolute Gasteiger partial charge is 0.328 e. The first-order valence-electron chi connectivity index (χ1n) is 19.2. The van der Waals surface area contributed by atoms with Crippen LogP contribution in [0.4, 0.5) is 0 Å². The fourth-order valence-electron chi connectivity index (χ4n) is 6.41. The molecule has 16 N–H and O–H groups in total. The second-order valence-electron chi connectivity index (χ2n) is 14.7. The Kier molecular flexibility index (Phi) is 18.1. The fraction of sp³-hybridized carbons (Fsp3) is 0.541. The van der Waals surface area contributed by atoms with Gasteiger partial charge >= 0.3 is 5.97 Å². The van der Waals surface area contributed by atoms with Crippen molar-refractivity contribution in [2.45, 2.75) is 94.5 Å². The lowest BCUT2D eigenvalue weighted by molar-refractivity contribution is -0.143. The molecule has 1 aliphatic rings. The third-order valence-electron chi connectivity index (χ3n) is 9.88. The van der Waals surface area contributed by atoms with Crippen LogP contribution in [0.2, 0.25) is 0 Å². The van der Waals surface area contributed by atoms with Gasteiger partial charge in [0.25, 0.3) is 0 Å². The number of carboxylic acids is 1. The van der Waals surface area contributed by atoms with Crippen LogP contribution in [-0.2, 0) is 49.6 Å². The number of amides is 8. The Bertz CT molecular complexity index is 1940. The van der Waals surface area contributed by atoms with Crippen molar-refractivity contribution in [2.24, 2.45) is 17.4 Å². The van der Waals surface area contributed by atoms with Gasteiger partial charge in [-0.2, -0.15) is 0 Å². The normalized spacial score (nSPS) is 18.9. The van der Waals surface area contributed by atoms with E-state index < -0.39 is 140 Å². The molecule has 0 radical (unpaired) electrons. The monoisotopic (exact) mass is 862 g/mol. The number of rotatable bonds is 22. The fourth-order valence-corrected chi connectivity index (χ4v) is 6.41. The second-order valence-corrected chi connectivity index (χ2v) is 14.7. The van der Waals surface area contributed by atoms with Gasteiger partial charge in [0.2, 0.25) is 47.3 Å². The number of nitrogens with one attached hydrogen (secondary N) is 7. The molecule has 3 rings (SSSR count). The third kappa shape index (κ3) is 13.1. The zero-order valence-corrected chi connectivity index (χ0v) is 33.6. The average molecular weight is 863 g/mol. The molecule has 1 saturated heterocycles. The number of benzene rings is 1. The van der Waals surface area contributed by atoms with Crippen molar-refractivity contribution in [1.82, 2.24) is 41.8 Å². The van der Waals surface area contributed by atoms with E-state index in [-0.39, 0.29) is 19.4 Å². The van der Waals surface area contributed by atoms with Gasteiger partial charge in [-0.15, -0.1) is 0 Å². The minimum atomic E-state index is -1.86. The molecule has 1 fully saturated rings. The van der Waals surface area contributed by atoms with Crippen LogP contribution in [0, 0.1) is 5.92 Å². The maximum atomic E-state index is 13.8. The van der Waals surface area contributed by atoms with Crippen molar-refractivity contribution >= 4 is 64.1 Å². The highest BCUT2D eigenvalue weighted by molar-refractivity contribution is 5.99. The zero-order valence-electron chi connectivity index (χ0n) is 33.6. The van der Waals surface area contributed by atoms with Gasteiger partial charge in [0, 0.05) is 42.6 Å². The van der Waals surface area contributed by atoms with Gasteiger partial charge in [-0.1, -0.05) is 25.1 Å². The minimum absolute atomic E-state index is 0.0227. The molecule has 10 atom stereocenters. The molecule has 24 nitrogen and oxygen atoms in total. The Morgan fingerprint density at radius 1 is 0.770 bits per heavy atom. The molecule has 2 heterocycles. The van der Waals surface area contributed by atoms with Crippen LogP contribution >= 0.6 is 0 Å². The maximum Gasteiger partial charge on any atom is 0.328 e. The quantitative estimate of drug-likeness (QED) is 0.0524. The maximum absolute atomic E-state index is 13.8. The standard InChI is InChI=1S/C37H54N10O14/c1-16(13-48)28(34(57)43-22(31(54)45-25(15-50)37(60)61)10-19-12-40-21-7-5-4-6-20(19)21)46-33(56)24(14-49)44-32(55)23(11-27(39)52)42-30(53)18(3)41-35(58)29-26(51)8-9-47(29)36(59)17(2)38/h4-7,12,16-18,22-26,28-29,40,48-51H,8-11,13-15,38H2,1-3H3,(H2,39,52)(H,41,58)(H,42,53)(H,43,57)(H,44,55)(H,45,54)(H,46,56)(H,60,61)/t16?,17-,18-,22-,23-,24-,25-,26-,28?,29-/m0/s1. The Morgan fingerprint density at radius 2 is 1.34 bits per heavy atom. The van der Waals surface area contributed by atoms with Crippen molar-refractivity contribution in [2.75, 3.05) is 26.4 Å². The number of carboxylic acid groups (broad SMARTS) is 1. The topological polar surface area (TPSA) is 398 Å². The Hall–Kier alpha value is -6.21. The number of carbonyl (C=O) groups is 9. The Labute approximate surface area is 348 Å². The molecule has 2 unspecified atom stereocenters. The number of aromatic nitrogens is 1. The first-order valence-corrected chi connectivity index (χ1v) is 19.2. The number of para-hydroxylation sites is 1. The van der Waals surface area contributed by atoms with Crippen LogP contribution in [0.5, 0.6) is 0 Å². The molecule has 8 amide bonds. The highest BCUT2D eigenvalue weighted by Crippen LogP contribution is 2.21. The number of nitrogens with zero attached hydrogens (tertiary/aromatic N) is 1. The molecule has 1 aromatic carbocycles. The SMILES string of the molecule is CC(CO)C(NC(=O)[C@H](CO)NC(=O)[C@H](CC(N)=O)NC(=O)[C@H](C)NC(=O)[C@@H]1[C@@H](O)CCN1C(=O)[C@H](C)N)C(=O)N[C@@H](Cc1c[nH]c2ccccc12)C(=O)N[C@@H](CO)C(=O)O. The van der Waals surface area contributed by atoms with Gasteiger partial charge in [-0.3, -0.25) is 38.4 Å². The highest BCUT2D eigenvalue weighted by Gasteiger charge is 2.43. The molecular weight excluding hydrogens is 808 g/mol. The molecule has 61 heavy (non-hydrogen) atoms. The van der Waals surface area contributed by atoms with Gasteiger partial charge in [-0.25, -0.2) is 4.79 Å². The summed E-state index contributed by atoms with van der Waals surface area (Å²) in [5, 5.41) is 63.6. The second kappa shape index (κ2) is 22.4. The van der Waals surface area contributed by atoms with Gasteiger partial charge < -0.3 is 78.8 Å². The van der Waals surface area contributed by atoms with E-state index in [1.807, 2.05) is 0 Å². The lowest BCUT2D eigenvalue weighted by Gasteiger charge is -2.29. The predicted octanol–water partition coefficient (Wildman–Crippen LogP) is -6.48. The van der Waals surface area contributed by atoms with Crippen molar-refractivity contribution in [3.63, 3.8) is 0 Å². The predicted molar refractivity (Wildman–Crippen MR) is 211 cm³/mol. The summed E-state index contributed by atoms with van der Waals surface area (Å²) in [5.41, 5.74) is 12.2. The van der Waals surface area contributed by atoms with E-state index in [1.165, 1.54) is 20.8 Å². The third-order valence-corrected chi connectivity index (χ3v) is 9.88. The van der Waals surface area contributed by atoms with E-state index in [2.05, 4.69) is 36.9 Å². The summed E-state index contributed by atoms with van der Waals surface area (Å²) in [7, 11) is 0. The number of primary amides is 1. The van der Waals surface area contributed by atoms with Crippen molar-refractivity contribution in [3.8, 4) is 0 Å². The Balaban J connectivity index is 1.76. The lowest BCUT2D eigenvalue weighted by atomic mass is 9.99. The first kappa shape index (κ1) is 49.2. The van der Waals surface area contributed by atoms with Crippen LogP contribution in [-0.4, -0.2) is 169 Å². The van der Waals surface area contributed by atoms with Crippen LogP contribution < -0.4 is 43.4 Å². The molecule has 1 aliphatic heterocycles. The number of nitrogens with two attached hydrogens (primary N) is 2. The summed E-state index contributed by atoms with van der Waals surface area (Å²) in [4.78, 5) is 120. The molecule has 336 valence electrons. The van der Waals surface area contributed by atoms with Crippen LogP contribution in [0.3, 0.4) is 0 Å². The summed E-state index contributed by atoms with van der Waals surface area (Å²) in [6, 6.07) is -5.38. The van der Waals surface area contributed by atoms with Gasteiger partial charge in [-0.05, 0) is 31.9 Å². The van der Waals surface area contributed by atoms with Crippen LogP contribution in [0.15, 0.2) is 30.5 Å². The highest BCUT2D eigenvalue weighted by atomic mass is 16.4. The van der Waals surface area contributed by atoms with Gasteiger partial charge in [0.15, 0.2) is 0 Å². The molecular formula is C37H54N10O14. The van der Waals surface area contributed by atoms with E-state index in [4.69, 9.17) is 11.5 Å². The number of aliphatic hydroxyl groups excluding tert-OH is 4. The molecule has 1 aromatic heterocycles. The number of hydrogen-bond acceptors (Lipinski definition) is 14. The van der Waals surface area contributed by atoms with Crippen molar-refractivity contribution in [1.29, 1.82) is 0 Å². The molecule has 0 bridgehead atoms. The summed E-state index contributed by atoms with van der Waals surface area (Å²) < 4.78 is 0. The number of fused-ring (bicyclic) bond motifs is 1. The first-order chi connectivity index (χ1) is 28.7. The summed E-state index contributed by atoms with van der Waals surface area (Å²) in [6.45, 7) is 1.17. The molecule has 0 saturated carbocycles. The number of likely N-dealkylation sites (tertiary alicyclic amines) is 1. The van der Waals surface area contributed by atoms with Gasteiger partial charge in [0.05, 0.1) is 31.8 Å². The summed E-state index contributed by atoms with van der Waals surface area (Å²) in [5.74, 6) is -10.8. The van der Waals surface area contributed by atoms with E-state index in [0.29, 0.717) is 16.5 Å². The van der Waals surface area contributed by atoms with E-state index >= 15 is 0 Å². The van der Waals surface area contributed by atoms with E-state index in [1.54, 1.807) is 30.5 Å². The average Bonchev–Trinajstić information content (AvgIpc) is 3.81. The molecule has 0 spiro atoms. The van der Waals surface area contributed by atoms with E-state index in [0.717, 1.165) is 4.90 Å². The lowest BCUT2D eigenvalue weighted by Crippen LogP contribution is -2.62. The number of aliphatic carboxylic acids is 1. The number of carbonyl (C=O) groups excluding carboxylic acids is 8. The summed E-state index contributed by atoms with van der Waals surface area (Å²) >= 11 is 0. The number of H-pyrrole nitrogens is 1. The van der Waals surface area contributed by atoms with Crippen molar-refractivity contribution in [3.05, 3.63) is 36.0 Å².